The zero-order valence-electron chi connectivity index (χ0n) is 29.8. The average Bonchev–Trinajstić information content (AvgIpc) is 3.86. The molecule has 1 atom stereocenters. The third-order valence-corrected chi connectivity index (χ3v) is 13.3. The number of thioether (sulfide) groups is 1. The molecular weight excluding hydrogens is 705 g/mol. The molecule has 11 rings (SSSR count). The first-order valence-corrected chi connectivity index (χ1v) is 20.4. The van der Waals surface area contributed by atoms with Crippen LogP contribution in [-0.4, -0.2) is 0 Å². The Morgan fingerprint density at radius 3 is 1.87 bits per heavy atom. The quantitative estimate of drug-likeness (QED) is 0.171. The lowest BCUT2D eigenvalue weighted by Gasteiger charge is -2.28. The first-order valence-electron chi connectivity index (χ1n) is 18.7. The van der Waals surface area contributed by atoms with Crippen LogP contribution >= 0.6 is 23.1 Å². The molecule has 0 fully saturated rings. The smallest absolute Gasteiger partial charge is 0.103 e. The van der Waals surface area contributed by atoms with Crippen molar-refractivity contribution in [3.63, 3.8) is 0 Å². The van der Waals surface area contributed by atoms with Crippen LogP contribution in [0, 0.1) is 0 Å². The number of hydrogen-bond donors (Lipinski definition) is 1. The molecule has 1 N–H and O–H groups in total. The van der Waals surface area contributed by atoms with Crippen molar-refractivity contribution in [2.75, 3.05) is 10.2 Å². The van der Waals surface area contributed by atoms with Gasteiger partial charge in [-0.2, -0.15) is 0 Å². The van der Waals surface area contributed by atoms with E-state index in [-0.39, 0.29) is 5.37 Å². The minimum atomic E-state index is 0.173. The van der Waals surface area contributed by atoms with Gasteiger partial charge in [0.1, 0.15) is 5.37 Å². The third kappa shape index (κ3) is 5.56. The molecule has 1 aliphatic heterocycles. The second kappa shape index (κ2) is 13.2. The number of benzene rings is 9. The van der Waals surface area contributed by atoms with Gasteiger partial charge in [-0.3, -0.25) is 0 Å². The second-order valence-electron chi connectivity index (χ2n) is 14.1. The Hall–Kier alpha value is -6.33. The maximum absolute atomic E-state index is 3.81. The highest BCUT2D eigenvalue weighted by Crippen LogP contribution is 2.52. The van der Waals surface area contributed by atoms with Crippen LogP contribution in [0.1, 0.15) is 10.9 Å². The maximum atomic E-state index is 3.81. The first-order chi connectivity index (χ1) is 27.2. The number of fused-ring (bicyclic) bond motifs is 8. The third-order valence-electron chi connectivity index (χ3n) is 10.9. The minimum Gasteiger partial charge on any atom is -0.368 e. The molecule has 0 amide bonds. The molecule has 0 saturated carbocycles. The summed E-state index contributed by atoms with van der Waals surface area (Å²) in [5.74, 6) is 0. The van der Waals surface area contributed by atoms with Crippen LogP contribution in [-0.2, 0) is 0 Å². The number of hydrogen-bond acceptors (Lipinski definition) is 4. The molecule has 2 heterocycles. The predicted octanol–water partition coefficient (Wildman–Crippen LogP) is 15.4. The largest absolute Gasteiger partial charge is 0.368 e. The summed E-state index contributed by atoms with van der Waals surface area (Å²) in [6, 6.07) is 71.0. The first kappa shape index (κ1) is 32.1. The number of anilines is 4. The zero-order chi connectivity index (χ0) is 36.3. The van der Waals surface area contributed by atoms with Crippen LogP contribution in [0.25, 0.3) is 64.0 Å². The molecule has 1 aliphatic rings. The molecule has 55 heavy (non-hydrogen) atoms. The number of thiophene rings is 1. The van der Waals surface area contributed by atoms with E-state index in [1.807, 2.05) is 23.1 Å². The lowest BCUT2D eigenvalue weighted by Crippen LogP contribution is -2.10. The highest BCUT2D eigenvalue weighted by Gasteiger charge is 2.26. The highest BCUT2D eigenvalue weighted by molar-refractivity contribution is 8.00. The lowest BCUT2D eigenvalue weighted by atomic mass is 9.98. The lowest BCUT2D eigenvalue weighted by molar-refractivity contribution is 1.14. The summed E-state index contributed by atoms with van der Waals surface area (Å²) < 4.78 is 2.64. The summed E-state index contributed by atoms with van der Waals surface area (Å²) in [7, 11) is 0. The van der Waals surface area contributed by atoms with Gasteiger partial charge in [0, 0.05) is 52.9 Å². The van der Waals surface area contributed by atoms with Gasteiger partial charge in [-0.05, 0) is 87.1 Å². The van der Waals surface area contributed by atoms with Gasteiger partial charge in [0.2, 0.25) is 0 Å². The fourth-order valence-electron chi connectivity index (χ4n) is 8.25. The van der Waals surface area contributed by atoms with E-state index < -0.39 is 0 Å². The molecular formula is C51H34N2S2. The maximum Gasteiger partial charge on any atom is 0.103 e. The Bertz CT molecular complexity index is 3060. The summed E-state index contributed by atoms with van der Waals surface area (Å²) >= 11 is 3.78. The number of rotatable bonds is 6. The molecule has 0 saturated heterocycles. The molecule has 9 aromatic carbocycles. The van der Waals surface area contributed by atoms with Gasteiger partial charge in [0.25, 0.3) is 0 Å². The minimum absolute atomic E-state index is 0.173. The van der Waals surface area contributed by atoms with Crippen LogP contribution in [0.2, 0.25) is 0 Å². The van der Waals surface area contributed by atoms with Crippen molar-refractivity contribution in [1.82, 2.24) is 0 Å². The summed E-state index contributed by atoms with van der Waals surface area (Å²) in [4.78, 5) is 3.76. The van der Waals surface area contributed by atoms with Crippen LogP contribution in [0.15, 0.2) is 199 Å². The Labute approximate surface area is 328 Å². The summed E-state index contributed by atoms with van der Waals surface area (Å²) in [5.41, 5.74) is 10.7. The van der Waals surface area contributed by atoms with Gasteiger partial charge in [-0.25, -0.2) is 0 Å². The van der Waals surface area contributed by atoms with Crippen molar-refractivity contribution < 1.29 is 0 Å². The van der Waals surface area contributed by atoms with E-state index >= 15 is 0 Å². The fraction of sp³-hybridized carbons (Fsp3) is 0.0196. The van der Waals surface area contributed by atoms with Crippen molar-refractivity contribution >= 4 is 87.6 Å². The van der Waals surface area contributed by atoms with Crippen LogP contribution in [0.5, 0.6) is 0 Å². The normalized spacial score (nSPS) is 13.7. The van der Waals surface area contributed by atoms with Crippen LogP contribution in [0.4, 0.5) is 22.7 Å². The molecule has 2 nitrogen and oxygen atoms in total. The van der Waals surface area contributed by atoms with Crippen molar-refractivity contribution in [2.45, 2.75) is 10.3 Å². The fourth-order valence-corrected chi connectivity index (χ4v) is 10.7. The van der Waals surface area contributed by atoms with Gasteiger partial charge in [0.15, 0.2) is 0 Å². The van der Waals surface area contributed by atoms with E-state index in [1.54, 1.807) is 0 Å². The van der Waals surface area contributed by atoms with E-state index in [9.17, 15) is 0 Å². The van der Waals surface area contributed by atoms with Crippen LogP contribution in [0.3, 0.4) is 0 Å². The van der Waals surface area contributed by atoms with E-state index in [2.05, 4.69) is 204 Å². The van der Waals surface area contributed by atoms with Gasteiger partial charge in [-0.1, -0.05) is 157 Å². The topological polar surface area (TPSA) is 15.3 Å². The van der Waals surface area contributed by atoms with E-state index in [0.717, 1.165) is 17.1 Å². The number of nitrogens with one attached hydrogen (secondary N) is 1. The van der Waals surface area contributed by atoms with Crippen molar-refractivity contribution in [1.29, 1.82) is 0 Å². The molecule has 4 heteroatoms. The molecule has 0 bridgehead atoms. The monoisotopic (exact) mass is 738 g/mol. The van der Waals surface area contributed by atoms with E-state index in [1.165, 1.54) is 80.1 Å². The Morgan fingerprint density at radius 1 is 0.436 bits per heavy atom. The summed E-state index contributed by atoms with van der Waals surface area (Å²) in [5, 5.41) is 11.7. The van der Waals surface area contributed by atoms with Crippen molar-refractivity contribution in [3.05, 3.63) is 200 Å². The highest BCUT2D eigenvalue weighted by atomic mass is 32.2. The molecule has 260 valence electrons. The van der Waals surface area contributed by atoms with Gasteiger partial charge >= 0.3 is 0 Å². The molecule has 1 unspecified atom stereocenters. The van der Waals surface area contributed by atoms with E-state index in [4.69, 9.17) is 0 Å². The SMILES string of the molecule is c1ccc(-c2cccc(N(c3cccc(-c4ccc5c(c4)sc4ccccc45)c3)c3cccc4c3ccc3ccc5c(c34)SC(c3ccccc3)N5)c2)cc1. The standard InChI is InChI=1S/C51H34N2S2/c1-3-12-33(13-4-1)36-16-9-18-39(30-36)53(40-19-10-17-37(31-40)38-25-28-43-42-20-7-8-23-47(42)54-48(43)32-38)46-22-11-21-44-41(46)27-24-34-26-29-45-50(49(34)44)55-51(52-45)35-14-5-2-6-15-35/h1-32,51-52H. The summed E-state index contributed by atoms with van der Waals surface area (Å²) in [6.07, 6.45) is 0. The Kier molecular flexibility index (Phi) is 7.71. The van der Waals surface area contributed by atoms with Crippen molar-refractivity contribution in [3.8, 4) is 22.3 Å². The van der Waals surface area contributed by atoms with Gasteiger partial charge < -0.3 is 10.2 Å². The van der Waals surface area contributed by atoms with E-state index in [0.29, 0.717) is 0 Å². The Balaban J connectivity index is 1.09. The zero-order valence-corrected chi connectivity index (χ0v) is 31.4. The average molecular weight is 739 g/mol. The second-order valence-corrected chi connectivity index (χ2v) is 16.3. The molecule has 1 aromatic heterocycles. The van der Waals surface area contributed by atoms with Gasteiger partial charge in [-0.15, -0.1) is 11.3 Å². The molecule has 0 spiro atoms. The van der Waals surface area contributed by atoms with Crippen molar-refractivity contribution in [2.24, 2.45) is 0 Å². The Morgan fingerprint density at radius 2 is 1.05 bits per heavy atom. The van der Waals surface area contributed by atoms with Crippen LogP contribution < -0.4 is 10.2 Å². The summed E-state index contributed by atoms with van der Waals surface area (Å²) in [6.45, 7) is 0. The molecule has 0 radical (unpaired) electrons. The predicted molar refractivity (Wildman–Crippen MR) is 239 cm³/mol. The number of nitrogens with zero attached hydrogens (tertiary/aromatic N) is 1. The van der Waals surface area contributed by atoms with Gasteiger partial charge in [0.05, 0.1) is 5.69 Å². The molecule has 10 aromatic rings. The molecule has 0 aliphatic carbocycles.